The molecule has 20 heavy (non-hydrogen) atoms. The molecule has 5 nitrogen and oxygen atoms in total. The van der Waals surface area contributed by atoms with E-state index in [2.05, 4.69) is 10.3 Å². The van der Waals surface area contributed by atoms with Crippen molar-refractivity contribution in [1.82, 2.24) is 9.88 Å². The molecule has 1 aromatic heterocycles. The van der Waals surface area contributed by atoms with Crippen LogP contribution in [0.4, 0.5) is 14.9 Å². The predicted molar refractivity (Wildman–Crippen MR) is 73.3 cm³/mol. The fraction of sp³-hybridized carbons (Fsp3) is 0.286. The summed E-state index contributed by atoms with van der Waals surface area (Å²) in [7, 11) is 0. The van der Waals surface area contributed by atoms with Gasteiger partial charge in [-0.1, -0.05) is 0 Å². The number of anilines is 1. The van der Waals surface area contributed by atoms with Gasteiger partial charge in [0.1, 0.15) is 5.82 Å². The minimum Gasteiger partial charge on any atom is -0.465 e. The highest BCUT2D eigenvalue weighted by atomic mass is 19.1. The Morgan fingerprint density at radius 3 is 3.10 bits per heavy atom. The van der Waals surface area contributed by atoms with Gasteiger partial charge in [-0.05, 0) is 24.6 Å². The quantitative estimate of drug-likeness (QED) is 0.884. The maximum absolute atomic E-state index is 13.6. The summed E-state index contributed by atoms with van der Waals surface area (Å²) in [6.07, 6.45) is 1.41. The molecule has 0 aliphatic carbocycles. The van der Waals surface area contributed by atoms with Gasteiger partial charge in [-0.2, -0.15) is 0 Å². The van der Waals surface area contributed by atoms with Gasteiger partial charge < -0.3 is 15.3 Å². The van der Waals surface area contributed by atoms with Crippen LogP contribution in [0.15, 0.2) is 30.5 Å². The molecule has 1 saturated heterocycles. The summed E-state index contributed by atoms with van der Waals surface area (Å²) >= 11 is 0. The lowest BCUT2D eigenvalue weighted by Gasteiger charge is -2.16. The molecule has 1 aromatic carbocycles. The highest BCUT2D eigenvalue weighted by molar-refractivity contribution is 5.91. The molecule has 0 radical (unpaired) electrons. The molecule has 104 valence electrons. The number of fused-ring (bicyclic) bond motifs is 1. The van der Waals surface area contributed by atoms with E-state index in [1.54, 1.807) is 12.3 Å². The number of nitrogens with zero attached hydrogens (tertiary/aromatic N) is 2. The highest BCUT2D eigenvalue weighted by Gasteiger charge is 2.26. The summed E-state index contributed by atoms with van der Waals surface area (Å²) in [5.74, 6) is -0.355. The van der Waals surface area contributed by atoms with Crippen molar-refractivity contribution in [2.75, 3.05) is 18.4 Å². The maximum Gasteiger partial charge on any atom is 0.407 e. The van der Waals surface area contributed by atoms with Gasteiger partial charge in [0.05, 0.1) is 5.52 Å². The van der Waals surface area contributed by atoms with E-state index in [1.807, 2.05) is 6.07 Å². The van der Waals surface area contributed by atoms with Gasteiger partial charge in [0.25, 0.3) is 0 Å². The molecule has 1 aliphatic rings. The van der Waals surface area contributed by atoms with Gasteiger partial charge in [0.2, 0.25) is 0 Å². The van der Waals surface area contributed by atoms with Crippen LogP contribution >= 0.6 is 0 Å². The molecule has 1 atom stereocenters. The Balaban J connectivity index is 1.86. The first-order valence-corrected chi connectivity index (χ1v) is 6.42. The van der Waals surface area contributed by atoms with Gasteiger partial charge >= 0.3 is 6.09 Å². The first-order chi connectivity index (χ1) is 9.63. The van der Waals surface area contributed by atoms with E-state index in [-0.39, 0.29) is 11.9 Å². The second kappa shape index (κ2) is 4.96. The Morgan fingerprint density at radius 2 is 2.35 bits per heavy atom. The molecule has 0 spiro atoms. The summed E-state index contributed by atoms with van der Waals surface area (Å²) in [4.78, 5) is 16.4. The van der Waals surface area contributed by atoms with Gasteiger partial charge in [-0.3, -0.25) is 4.98 Å². The van der Waals surface area contributed by atoms with Gasteiger partial charge in [-0.15, -0.1) is 0 Å². The number of hydrogen-bond donors (Lipinski definition) is 2. The summed E-state index contributed by atoms with van der Waals surface area (Å²) < 4.78 is 13.6. The topological polar surface area (TPSA) is 65.5 Å². The van der Waals surface area contributed by atoms with Crippen LogP contribution in [-0.2, 0) is 0 Å². The van der Waals surface area contributed by atoms with E-state index < -0.39 is 6.09 Å². The number of aromatic nitrogens is 1. The van der Waals surface area contributed by atoms with E-state index in [9.17, 15) is 9.18 Å². The average molecular weight is 275 g/mol. The first kappa shape index (κ1) is 12.7. The van der Waals surface area contributed by atoms with E-state index in [4.69, 9.17) is 5.11 Å². The number of halogens is 1. The molecule has 1 amide bonds. The zero-order valence-electron chi connectivity index (χ0n) is 10.7. The van der Waals surface area contributed by atoms with Crippen molar-refractivity contribution in [2.24, 2.45) is 0 Å². The van der Waals surface area contributed by atoms with Gasteiger partial charge in [0.15, 0.2) is 0 Å². The summed E-state index contributed by atoms with van der Waals surface area (Å²) in [5, 5.41) is 13.0. The van der Waals surface area contributed by atoms with E-state index in [1.165, 1.54) is 17.0 Å². The molecule has 6 heteroatoms. The largest absolute Gasteiger partial charge is 0.465 e. The third-order valence-corrected chi connectivity index (χ3v) is 3.50. The second-order valence-corrected chi connectivity index (χ2v) is 4.88. The van der Waals surface area contributed by atoms with Crippen LogP contribution < -0.4 is 5.32 Å². The highest BCUT2D eigenvalue weighted by Crippen LogP contribution is 2.25. The number of carboxylic acid groups (broad SMARTS) is 1. The molecular formula is C14H14FN3O2. The average Bonchev–Trinajstić information content (AvgIpc) is 2.87. The molecule has 3 rings (SSSR count). The van der Waals surface area contributed by atoms with E-state index >= 15 is 0 Å². The third-order valence-electron chi connectivity index (χ3n) is 3.50. The van der Waals surface area contributed by atoms with Crippen molar-refractivity contribution in [1.29, 1.82) is 0 Å². The van der Waals surface area contributed by atoms with Gasteiger partial charge in [0, 0.05) is 42.5 Å². The Bertz CT molecular complexity index is 662. The number of nitrogens with one attached hydrogen (secondary N) is 1. The van der Waals surface area contributed by atoms with Crippen molar-refractivity contribution >= 4 is 22.7 Å². The first-order valence-electron chi connectivity index (χ1n) is 6.42. The van der Waals surface area contributed by atoms with Crippen molar-refractivity contribution < 1.29 is 14.3 Å². The Hall–Kier alpha value is -2.37. The number of likely N-dealkylation sites (tertiary alicyclic amines) is 1. The normalized spacial score (nSPS) is 18.4. The number of hydrogen-bond acceptors (Lipinski definition) is 3. The Labute approximate surface area is 115 Å². The summed E-state index contributed by atoms with van der Waals surface area (Å²) in [5.41, 5.74) is 1.24. The Morgan fingerprint density at radius 1 is 1.50 bits per heavy atom. The number of benzene rings is 1. The monoisotopic (exact) mass is 275 g/mol. The van der Waals surface area contributed by atoms with Crippen LogP contribution in [-0.4, -0.2) is 40.2 Å². The van der Waals surface area contributed by atoms with Crippen LogP contribution in [0, 0.1) is 5.82 Å². The number of carbonyl (C=O) groups is 1. The lowest BCUT2D eigenvalue weighted by molar-refractivity contribution is 0.155. The standard InChI is InChI=1S/C14H14FN3O2/c15-9-6-12-11(2-1-4-16-12)13(7-9)17-10-3-5-18(8-10)14(19)20/h1-2,4,6-7,10,17H,3,5,8H2,(H,19,20). The fourth-order valence-corrected chi connectivity index (χ4v) is 2.54. The van der Waals surface area contributed by atoms with E-state index in [0.717, 1.165) is 5.39 Å². The zero-order chi connectivity index (χ0) is 14.1. The van der Waals surface area contributed by atoms with Crippen molar-refractivity contribution in [3.8, 4) is 0 Å². The molecular weight excluding hydrogens is 261 g/mol. The molecule has 2 aromatic rings. The minimum absolute atomic E-state index is 0.00342. The SMILES string of the molecule is O=C(O)N1CCC(Nc2cc(F)cc3ncccc23)C1. The predicted octanol–water partition coefficient (Wildman–Crippen LogP) is 2.54. The number of rotatable bonds is 2. The lowest BCUT2D eigenvalue weighted by Crippen LogP contribution is -2.30. The number of pyridine rings is 1. The van der Waals surface area contributed by atoms with Crippen LogP contribution in [0.25, 0.3) is 10.9 Å². The molecule has 0 saturated carbocycles. The smallest absolute Gasteiger partial charge is 0.407 e. The molecule has 0 bridgehead atoms. The van der Waals surface area contributed by atoms with Crippen LogP contribution in [0.2, 0.25) is 0 Å². The third kappa shape index (κ3) is 2.36. The van der Waals surface area contributed by atoms with Crippen molar-refractivity contribution in [3.63, 3.8) is 0 Å². The van der Waals surface area contributed by atoms with E-state index in [0.29, 0.717) is 30.7 Å². The summed E-state index contributed by atoms with van der Waals surface area (Å²) in [6.45, 7) is 0.909. The Kier molecular flexibility index (Phi) is 3.14. The van der Waals surface area contributed by atoms with Crippen molar-refractivity contribution in [3.05, 3.63) is 36.3 Å². The van der Waals surface area contributed by atoms with Gasteiger partial charge in [-0.25, -0.2) is 9.18 Å². The second-order valence-electron chi connectivity index (χ2n) is 4.88. The minimum atomic E-state index is -0.917. The molecule has 1 fully saturated rings. The lowest BCUT2D eigenvalue weighted by atomic mass is 10.1. The maximum atomic E-state index is 13.6. The molecule has 2 heterocycles. The molecule has 1 aliphatic heterocycles. The fourth-order valence-electron chi connectivity index (χ4n) is 2.54. The van der Waals surface area contributed by atoms with Crippen molar-refractivity contribution in [2.45, 2.75) is 12.5 Å². The molecule has 2 N–H and O–H groups in total. The van der Waals surface area contributed by atoms with Crippen LogP contribution in [0.5, 0.6) is 0 Å². The van der Waals surface area contributed by atoms with Crippen LogP contribution in [0.3, 0.4) is 0 Å². The van der Waals surface area contributed by atoms with Crippen LogP contribution in [0.1, 0.15) is 6.42 Å². The number of amides is 1. The molecule has 1 unspecified atom stereocenters. The zero-order valence-corrected chi connectivity index (χ0v) is 10.7. The summed E-state index contributed by atoms with van der Waals surface area (Å²) in [6, 6.07) is 6.47.